The highest BCUT2D eigenvalue weighted by Crippen LogP contribution is 2.52. The summed E-state index contributed by atoms with van der Waals surface area (Å²) >= 11 is 1.47. The van der Waals surface area contributed by atoms with Crippen molar-refractivity contribution in [3.8, 4) is 45.3 Å². The molecule has 0 saturated heterocycles. The van der Waals surface area contributed by atoms with Crippen LogP contribution < -0.4 is 4.74 Å². The molecule has 5 aromatic carbocycles. The molecular weight excluding hydrogens is 609 g/mol. The fourth-order valence-corrected chi connectivity index (χ4v) is 8.22. The molecule has 0 saturated carbocycles. The molecule has 9 rings (SSSR count). The predicted molar refractivity (Wildman–Crippen MR) is 198 cm³/mol. The number of aromatic nitrogens is 4. The molecule has 4 heterocycles. The number of rotatable bonds is 3. The third kappa shape index (κ3) is 4.12. The maximum Gasteiger partial charge on any atom is 0.195 e. The van der Waals surface area contributed by atoms with Crippen LogP contribution in [-0.2, 0) is 5.41 Å². The number of benzene rings is 5. The molecule has 1 unspecified atom stereocenters. The van der Waals surface area contributed by atoms with Crippen LogP contribution in [0.2, 0.25) is 0 Å². The van der Waals surface area contributed by atoms with Gasteiger partial charge in [-0.2, -0.15) is 0 Å². The van der Waals surface area contributed by atoms with E-state index >= 15 is 0 Å². The summed E-state index contributed by atoms with van der Waals surface area (Å²) in [5, 5.41) is 0. The zero-order chi connectivity index (χ0) is 40.4. The van der Waals surface area contributed by atoms with Gasteiger partial charge < -0.3 is 4.74 Å². The van der Waals surface area contributed by atoms with Crippen molar-refractivity contribution in [2.45, 2.75) is 46.7 Å². The van der Waals surface area contributed by atoms with Crippen LogP contribution in [0.15, 0.2) is 97.2 Å². The lowest BCUT2D eigenvalue weighted by atomic mass is 9.74. The molecule has 234 valence electrons. The third-order valence-corrected chi connectivity index (χ3v) is 10.5. The van der Waals surface area contributed by atoms with Crippen molar-refractivity contribution in [1.29, 1.82) is 0 Å². The van der Waals surface area contributed by atoms with Crippen molar-refractivity contribution in [3.63, 3.8) is 0 Å². The molecule has 0 fully saturated rings. The van der Waals surface area contributed by atoms with Crippen LogP contribution >= 0.6 is 11.3 Å². The fourth-order valence-electron chi connectivity index (χ4n) is 6.99. The second-order valence-corrected chi connectivity index (χ2v) is 13.5. The van der Waals surface area contributed by atoms with Crippen molar-refractivity contribution in [3.05, 3.63) is 131 Å². The minimum atomic E-state index is -2.71. The highest BCUT2D eigenvalue weighted by atomic mass is 32.1. The summed E-state index contributed by atoms with van der Waals surface area (Å²) in [6.07, 6.45) is 1.27. The molecule has 1 atom stereocenters. The first-order valence-electron chi connectivity index (χ1n) is 20.1. The summed E-state index contributed by atoms with van der Waals surface area (Å²) in [6.45, 7) is -2.36. The van der Waals surface area contributed by atoms with Gasteiger partial charge in [-0.25, -0.2) is 15.0 Å². The van der Waals surface area contributed by atoms with Crippen molar-refractivity contribution < 1.29 is 17.1 Å². The summed E-state index contributed by atoms with van der Waals surface area (Å²) in [5.74, 6) is 0.966. The molecule has 3 aromatic heterocycles. The molecule has 0 spiro atoms. The summed E-state index contributed by atoms with van der Waals surface area (Å²) < 4.78 is 87.0. The van der Waals surface area contributed by atoms with Gasteiger partial charge in [-0.05, 0) is 85.7 Å². The standard InChI is InChI=1S/C42H34N4OS/c1-23-15-18-27(35-24(2)16-19-30-38(35)47-34-14-10-7-11-29(34)42(30,5)6)21-28(23)37-26(4)22-43-40(45-37)36-25(3)17-20-33-39(36)48-41-44-31-12-8-9-13-32(31)46(33)41/h7-22H,1-6H3/i1D3,4D3,5D3. The number of thiazole rings is 1. The van der Waals surface area contributed by atoms with Gasteiger partial charge in [-0.3, -0.25) is 4.40 Å². The number of hydrogen-bond acceptors (Lipinski definition) is 5. The second kappa shape index (κ2) is 10.3. The van der Waals surface area contributed by atoms with Gasteiger partial charge in [-0.1, -0.05) is 85.8 Å². The highest BCUT2D eigenvalue weighted by molar-refractivity contribution is 7.24. The minimum Gasteiger partial charge on any atom is -0.456 e. The highest BCUT2D eigenvalue weighted by Gasteiger charge is 2.36. The fraction of sp³-hybridized carbons (Fsp3) is 0.167. The van der Waals surface area contributed by atoms with Crippen LogP contribution in [0.3, 0.4) is 0 Å². The first-order valence-corrected chi connectivity index (χ1v) is 16.4. The Morgan fingerprint density at radius 3 is 2.44 bits per heavy atom. The lowest BCUT2D eigenvalue weighted by Crippen LogP contribution is -2.24. The van der Waals surface area contributed by atoms with Crippen LogP contribution in [-0.4, -0.2) is 19.4 Å². The van der Waals surface area contributed by atoms with E-state index in [4.69, 9.17) is 27.0 Å². The molecule has 1 aliphatic heterocycles. The van der Waals surface area contributed by atoms with Crippen molar-refractivity contribution in [2.75, 3.05) is 0 Å². The van der Waals surface area contributed by atoms with Crippen molar-refractivity contribution in [1.82, 2.24) is 19.4 Å². The average molecular weight is 652 g/mol. The molecule has 0 amide bonds. The molecule has 6 heteroatoms. The maximum atomic E-state index is 8.70. The van der Waals surface area contributed by atoms with E-state index in [0.717, 1.165) is 37.3 Å². The van der Waals surface area contributed by atoms with Gasteiger partial charge in [0, 0.05) is 51.8 Å². The number of ether oxygens (including phenoxy) is 1. The average Bonchev–Trinajstić information content (AvgIpc) is 3.69. The Kier molecular flexibility index (Phi) is 4.48. The molecule has 0 N–H and O–H groups in total. The Morgan fingerprint density at radius 1 is 0.771 bits per heavy atom. The van der Waals surface area contributed by atoms with E-state index in [2.05, 4.69) is 9.38 Å². The van der Waals surface area contributed by atoms with Gasteiger partial charge >= 0.3 is 0 Å². The van der Waals surface area contributed by atoms with E-state index in [1.807, 2.05) is 56.3 Å². The van der Waals surface area contributed by atoms with Crippen LogP contribution in [0, 0.1) is 27.6 Å². The molecule has 8 aromatic rings. The SMILES string of the molecule is [2H]C([2H])([2H])c1ccc(-c2c(C)ccc3c2Oc2ccccc2C3(C)C([2H])([2H])[2H])cc1-c1nc(-c2c(C)ccc3c2sc2nc4ccccc4n23)ncc1C([2H])([2H])[2H]. The third-order valence-electron chi connectivity index (χ3n) is 9.43. The molecular formula is C42H34N4OS. The lowest BCUT2D eigenvalue weighted by Gasteiger charge is -2.36. The Balaban J connectivity index is 1.30. The normalized spacial score (nSPS) is 19.1. The van der Waals surface area contributed by atoms with Gasteiger partial charge in [0.05, 0.1) is 26.9 Å². The monoisotopic (exact) mass is 651 g/mol. The van der Waals surface area contributed by atoms with E-state index < -0.39 is 26.0 Å². The van der Waals surface area contributed by atoms with Crippen LogP contribution in [0.4, 0.5) is 0 Å². The number of hydrogen-bond donors (Lipinski definition) is 0. The number of imidazole rings is 1. The molecule has 5 nitrogen and oxygen atoms in total. The smallest absolute Gasteiger partial charge is 0.195 e. The van der Waals surface area contributed by atoms with Gasteiger partial charge in [0.15, 0.2) is 10.8 Å². The Bertz CT molecular complexity index is 2960. The maximum absolute atomic E-state index is 8.70. The minimum absolute atomic E-state index is 0.0443. The van der Waals surface area contributed by atoms with E-state index in [0.29, 0.717) is 39.3 Å². The van der Waals surface area contributed by atoms with Crippen molar-refractivity contribution in [2.24, 2.45) is 0 Å². The molecule has 0 radical (unpaired) electrons. The first kappa shape index (κ1) is 20.8. The lowest BCUT2D eigenvalue weighted by molar-refractivity contribution is 0.419. The van der Waals surface area contributed by atoms with Crippen molar-refractivity contribution >= 4 is 37.5 Å². The Hall–Kier alpha value is -5.33. The van der Waals surface area contributed by atoms with Crippen LogP contribution in [0.25, 0.3) is 60.0 Å². The number of aryl methyl sites for hydroxylation is 4. The zero-order valence-corrected chi connectivity index (χ0v) is 27.2. The molecule has 0 aliphatic carbocycles. The number of para-hydroxylation sites is 3. The molecule has 48 heavy (non-hydrogen) atoms. The zero-order valence-electron chi connectivity index (χ0n) is 35.3. The van der Waals surface area contributed by atoms with E-state index in [9.17, 15) is 0 Å². The van der Waals surface area contributed by atoms with Crippen LogP contribution in [0.5, 0.6) is 11.5 Å². The molecule has 0 bridgehead atoms. The summed E-state index contributed by atoms with van der Waals surface area (Å²) in [7, 11) is 0. The number of fused-ring (bicyclic) bond motifs is 7. The Labute approximate surface area is 296 Å². The number of nitrogens with zero attached hydrogens (tertiary/aromatic N) is 4. The van der Waals surface area contributed by atoms with E-state index in [-0.39, 0.29) is 28.2 Å². The van der Waals surface area contributed by atoms with Gasteiger partial charge in [0.1, 0.15) is 11.5 Å². The van der Waals surface area contributed by atoms with Gasteiger partial charge in [0.25, 0.3) is 0 Å². The predicted octanol–water partition coefficient (Wildman–Crippen LogP) is 11.2. The van der Waals surface area contributed by atoms with E-state index in [1.165, 1.54) is 23.6 Å². The van der Waals surface area contributed by atoms with Gasteiger partial charge in [0.2, 0.25) is 0 Å². The molecule has 1 aliphatic rings. The first-order chi connectivity index (χ1) is 26.9. The summed E-state index contributed by atoms with van der Waals surface area (Å²) in [5.41, 5.74) is 5.28. The quantitative estimate of drug-likeness (QED) is 0.191. The van der Waals surface area contributed by atoms with E-state index in [1.54, 1.807) is 49.4 Å². The van der Waals surface area contributed by atoms with Gasteiger partial charge in [-0.15, -0.1) is 0 Å². The Morgan fingerprint density at radius 2 is 1.56 bits per heavy atom. The second-order valence-electron chi connectivity index (χ2n) is 12.5. The largest absolute Gasteiger partial charge is 0.456 e. The summed E-state index contributed by atoms with van der Waals surface area (Å²) in [4.78, 5) is 15.2. The van der Waals surface area contributed by atoms with Crippen LogP contribution in [0.1, 0.15) is 59.5 Å². The topological polar surface area (TPSA) is 52.3 Å². The summed E-state index contributed by atoms with van der Waals surface area (Å²) in [6, 6.07) is 27.2.